The summed E-state index contributed by atoms with van der Waals surface area (Å²) in [6, 6.07) is 0. The van der Waals surface area contributed by atoms with E-state index in [2.05, 4.69) is 5.32 Å². The van der Waals surface area contributed by atoms with Crippen LogP contribution in [0, 0.1) is 35.5 Å². The van der Waals surface area contributed by atoms with Crippen LogP contribution in [-0.2, 0) is 9.59 Å². The normalized spacial score (nSPS) is 51.7. The van der Waals surface area contributed by atoms with Crippen LogP contribution in [-0.4, -0.2) is 11.8 Å². The lowest BCUT2D eigenvalue weighted by Crippen LogP contribution is -2.52. The molecule has 16 heavy (non-hydrogen) atoms. The summed E-state index contributed by atoms with van der Waals surface area (Å²) in [6.07, 6.45) is 5.53. The average Bonchev–Trinajstić information content (AvgIpc) is 2.54. The molecule has 0 aromatic carbocycles. The number of amides is 2. The Morgan fingerprint density at radius 3 is 2.25 bits per heavy atom. The van der Waals surface area contributed by atoms with Gasteiger partial charge in [-0.15, -0.1) is 0 Å². The third kappa shape index (κ3) is 0.740. The Balaban J connectivity index is 1.86. The smallest absolute Gasteiger partial charge is 0.231 e. The largest absolute Gasteiger partial charge is 0.296 e. The second-order valence-corrected chi connectivity index (χ2v) is 5.10. The van der Waals surface area contributed by atoms with Gasteiger partial charge in [-0.05, 0) is 23.8 Å². The summed E-state index contributed by atoms with van der Waals surface area (Å²) in [5.41, 5.74) is 0. The van der Waals surface area contributed by atoms with Gasteiger partial charge in [-0.2, -0.15) is 0 Å². The van der Waals surface area contributed by atoms with Crippen LogP contribution in [0.25, 0.3) is 0 Å². The van der Waals surface area contributed by atoms with Gasteiger partial charge in [0.05, 0.1) is 11.8 Å². The highest BCUT2D eigenvalue weighted by Gasteiger charge is 2.62. The van der Waals surface area contributed by atoms with Crippen molar-refractivity contribution in [3.8, 4) is 0 Å². The average molecular weight is 219 g/mol. The van der Waals surface area contributed by atoms with Gasteiger partial charge in [-0.1, -0.05) is 12.2 Å². The van der Waals surface area contributed by atoms with Crippen LogP contribution in [0.5, 0.6) is 0 Å². The lowest BCUT2D eigenvalue weighted by Gasteiger charge is -2.52. The fourth-order valence-electron chi connectivity index (χ4n) is 3.90. The summed E-state index contributed by atoms with van der Waals surface area (Å²) in [6.45, 7) is 0. The third-order valence-corrected chi connectivity index (χ3v) is 4.57. The molecule has 4 aliphatic carbocycles. The van der Waals surface area contributed by atoms with Gasteiger partial charge < -0.3 is 0 Å². The molecule has 0 spiro atoms. The summed E-state index contributed by atoms with van der Waals surface area (Å²) in [7, 11) is 0. The Kier molecular flexibility index (Phi) is 1.32. The first kappa shape index (κ1) is 8.67. The second-order valence-electron chi connectivity index (χ2n) is 5.10. The first-order valence-corrected chi connectivity index (χ1v) is 5.59. The van der Waals surface area contributed by atoms with Crippen molar-refractivity contribution in [3.63, 3.8) is 0 Å². The van der Waals surface area contributed by atoms with E-state index < -0.39 is 0 Å². The summed E-state index contributed by atoms with van der Waals surface area (Å²) in [5.74, 6) is -1.18. The Bertz CT molecular complexity index is 481. The van der Waals surface area contributed by atoms with E-state index in [4.69, 9.17) is 0 Å². The summed E-state index contributed by atoms with van der Waals surface area (Å²) < 4.78 is 13.4. The van der Waals surface area contributed by atoms with Crippen molar-refractivity contribution in [2.45, 2.75) is 0 Å². The highest BCUT2D eigenvalue weighted by Crippen LogP contribution is 2.60. The molecular weight excluding hydrogens is 209 g/mol. The zero-order valence-electron chi connectivity index (χ0n) is 8.39. The monoisotopic (exact) mass is 219 g/mol. The minimum Gasteiger partial charge on any atom is -0.296 e. The first-order chi connectivity index (χ1) is 7.68. The lowest BCUT2D eigenvalue weighted by molar-refractivity contribution is -0.128. The molecule has 5 rings (SSSR count). The molecule has 82 valence electrons. The number of carbonyl (C=O) groups is 2. The molecule has 0 aromatic heterocycles. The van der Waals surface area contributed by atoms with Crippen LogP contribution >= 0.6 is 0 Å². The molecule has 1 heterocycles. The molecule has 0 aromatic rings. The molecule has 3 nitrogen and oxygen atoms in total. The number of nitrogens with one attached hydrogen (secondary N) is 1. The van der Waals surface area contributed by atoms with Crippen molar-refractivity contribution in [1.82, 2.24) is 5.32 Å². The Hall–Kier alpha value is -1.45. The molecule has 2 bridgehead atoms. The Morgan fingerprint density at radius 1 is 0.938 bits per heavy atom. The Morgan fingerprint density at radius 2 is 1.56 bits per heavy atom. The molecular formula is C12H10FNO2. The molecule has 2 fully saturated rings. The van der Waals surface area contributed by atoms with E-state index in [-0.39, 0.29) is 53.1 Å². The van der Waals surface area contributed by atoms with Crippen LogP contribution in [0.4, 0.5) is 4.39 Å². The first-order valence-electron chi connectivity index (χ1n) is 5.59. The van der Waals surface area contributed by atoms with Crippen LogP contribution in [0.15, 0.2) is 24.1 Å². The van der Waals surface area contributed by atoms with Gasteiger partial charge in [-0.3, -0.25) is 14.9 Å². The number of carbonyl (C=O) groups excluding carboxylic acids is 2. The standard InChI is InChI=1S/C12H10FNO2/c13-7-3-6-4-1-2-5(8(6)7)10-9(4)11(15)14-12(10)16/h1-6,8-10H,(H,14,15,16). The minimum absolute atomic E-state index is 0.0194. The van der Waals surface area contributed by atoms with E-state index in [1.54, 1.807) is 6.08 Å². The highest BCUT2D eigenvalue weighted by molar-refractivity contribution is 6.06. The maximum Gasteiger partial charge on any atom is 0.231 e. The maximum absolute atomic E-state index is 13.4. The topological polar surface area (TPSA) is 46.2 Å². The number of imide groups is 1. The SMILES string of the molecule is O=C1NC(=O)C2C3C=CC(C4C=C(F)C43)C12. The Labute approximate surface area is 91.4 Å². The van der Waals surface area contributed by atoms with Gasteiger partial charge in [-0.25, -0.2) is 4.39 Å². The van der Waals surface area contributed by atoms with Gasteiger partial charge in [0.2, 0.25) is 11.8 Å². The van der Waals surface area contributed by atoms with Crippen LogP contribution < -0.4 is 5.32 Å². The molecule has 6 atom stereocenters. The van der Waals surface area contributed by atoms with Gasteiger partial charge >= 0.3 is 0 Å². The van der Waals surface area contributed by atoms with E-state index >= 15 is 0 Å². The molecule has 5 aliphatic rings. The third-order valence-electron chi connectivity index (χ3n) is 4.57. The predicted molar refractivity (Wildman–Crippen MR) is 52.4 cm³/mol. The van der Waals surface area contributed by atoms with Crippen molar-refractivity contribution in [1.29, 1.82) is 0 Å². The number of hydrogen-bond donors (Lipinski definition) is 1. The fourth-order valence-corrected chi connectivity index (χ4v) is 3.90. The van der Waals surface area contributed by atoms with Gasteiger partial charge in [0.1, 0.15) is 5.83 Å². The zero-order chi connectivity index (χ0) is 11.0. The molecule has 0 radical (unpaired) electrons. The highest BCUT2D eigenvalue weighted by atomic mass is 19.1. The van der Waals surface area contributed by atoms with E-state index in [1.807, 2.05) is 12.2 Å². The van der Waals surface area contributed by atoms with Gasteiger partial charge in [0, 0.05) is 5.92 Å². The number of hydrogen-bond acceptors (Lipinski definition) is 2. The maximum atomic E-state index is 13.4. The summed E-state index contributed by atoms with van der Waals surface area (Å²) in [5, 5.41) is 2.38. The summed E-state index contributed by atoms with van der Waals surface area (Å²) >= 11 is 0. The quantitative estimate of drug-likeness (QED) is 0.483. The minimum atomic E-state index is -0.330. The predicted octanol–water partition coefficient (Wildman–Crippen LogP) is 0.790. The van der Waals surface area contributed by atoms with Crippen molar-refractivity contribution in [2.24, 2.45) is 35.5 Å². The van der Waals surface area contributed by atoms with Crippen molar-refractivity contribution in [3.05, 3.63) is 24.1 Å². The van der Waals surface area contributed by atoms with Crippen LogP contribution in [0.3, 0.4) is 0 Å². The second kappa shape index (κ2) is 2.44. The molecule has 2 amide bonds. The molecule has 6 unspecified atom stereocenters. The van der Waals surface area contributed by atoms with E-state index in [9.17, 15) is 14.0 Å². The van der Waals surface area contributed by atoms with E-state index in [0.29, 0.717) is 0 Å². The van der Waals surface area contributed by atoms with Crippen molar-refractivity contribution in [2.75, 3.05) is 0 Å². The fraction of sp³-hybridized carbons (Fsp3) is 0.500. The molecule has 1 saturated carbocycles. The number of halogens is 1. The number of rotatable bonds is 0. The van der Waals surface area contributed by atoms with Crippen LogP contribution in [0.1, 0.15) is 0 Å². The van der Waals surface area contributed by atoms with Crippen LogP contribution in [0.2, 0.25) is 0 Å². The molecule has 1 aliphatic heterocycles. The van der Waals surface area contributed by atoms with E-state index in [0.717, 1.165) is 0 Å². The number of allylic oxidation sites excluding steroid dienone is 4. The van der Waals surface area contributed by atoms with Gasteiger partial charge in [0.15, 0.2) is 0 Å². The van der Waals surface area contributed by atoms with Crippen molar-refractivity contribution < 1.29 is 14.0 Å². The van der Waals surface area contributed by atoms with E-state index in [1.165, 1.54) is 0 Å². The van der Waals surface area contributed by atoms with Gasteiger partial charge in [0.25, 0.3) is 0 Å². The summed E-state index contributed by atoms with van der Waals surface area (Å²) in [4.78, 5) is 23.4. The lowest BCUT2D eigenvalue weighted by atomic mass is 9.50. The molecule has 4 heteroatoms. The zero-order valence-corrected chi connectivity index (χ0v) is 8.39. The molecule has 1 N–H and O–H groups in total. The van der Waals surface area contributed by atoms with Crippen molar-refractivity contribution >= 4 is 11.8 Å². The molecule has 1 saturated heterocycles.